The number of carbonyl (C=O) groups is 2. The molecule has 1 saturated heterocycles. The summed E-state index contributed by atoms with van der Waals surface area (Å²) in [5, 5.41) is 10.4. The van der Waals surface area contributed by atoms with Crippen LogP contribution in [0.4, 0.5) is 8.78 Å². The molecule has 25 heavy (non-hydrogen) atoms. The van der Waals surface area contributed by atoms with Crippen LogP contribution in [0.2, 0.25) is 0 Å². The van der Waals surface area contributed by atoms with Gasteiger partial charge in [0.25, 0.3) is 0 Å². The van der Waals surface area contributed by atoms with Crippen molar-refractivity contribution >= 4 is 23.1 Å². The molecule has 0 spiro atoms. The van der Waals surface area contributed by atoms with E-state index < -0.39 is 40.1 Å². The fraction of sp³-hybridized carbons (Fsp3) is 0.312. The third-order valence-corrected chi connectivity index (χ3v) is 4.04. The van der Waals surface area contributed by atoms with Gasteiger partial charge in [-0.25, -0.2) is 18.6 Å². The van der Waals surface area contributed by atoms with E-state index in [1.165, 1.54) is 11.6 Å². The average molecular weight is 371 g/mol. The molecule has 0 radical (unpaired) electrons. The molecule has 1 aromatic carbocycles. The Morgan fingerprint density at radius 1 is 1.12 bits per heavy atom. The lowest BCUT2D eigenvalue weighted by molar-refractivity contribution is -0.0334. The summed E-state index contributed by atoms with van der Waals surface area (Å²) in [6, 6.07) is 0.698. The van der Waals surface area contributed by atoms with Crippen molar-refractivity contribution in [1.29, 1.82) is 0 Å². The molecule has 0 bridgehead atoms. The van der Waals surface area contributed by atoms with Gasteiger partial charge in [0.15, 0.2) is 5.01 Å². The molecule has 1 N–H and O–H groups in total. The van der Waals surface area contributed by atoms with Crippen LogP contribution in [0.5, 0.6) is 0 Å². The summed E-state index contributed by atoms with van der Waals surface area (Å²) >= 11 is 0.990. The predicted octanol–water partition coefficient (Wildman–Crippen LogP) is 2.69. The molecule has 2 aromatic rings. The lowest BCUT2D eigenvalue weighted by Gasteiger charge is -2.09. The number of nitrogens with zero attached hydrogens (tertiary/aromatic N) is 1. The van der Waals surface area contributed by atoms with Gasteiger partial charge >= 0.3 is 5.97 Å². The van der Waals surface area contributed by atoms with E-state index in [-0.39, 0.29) is 5.01 Å². The van der Waals surface area contributed by atoms with Gasteiger partial charge in [-0.2, -0.15) is 0 Å². The van der Waals surface area contributed by atoms with Gasteiger partial charge in [-0.05, 0) is 13.0 Å². The Bertz CT molecular complexity index is 749. The van der Waals surface area contributed by atoms with Crippen molar-refractivity contribution in [1.82, 2.24) is 4.98 Å². The second kappa shape index (κ2) is 8.75. The molecule has 1 aliphatic heterocycles. The van der Waals surface area contributed by atoms with Crippen molar-refractivity contribution in [2.24, 2.45) is 0 Å². The van der Waals surface area contributed by atoms with E-state index in [2.05, 4.69) is 4.98 Å². The molecule has 0 unspecified atom stereocenters. The van der Waals surface area contributed by atoms with Gasteiger partial charge in [0.2, 0.25) is 5.78 Å². The van der Waals surface area contributed by atoms with Crippen molar-refractivity contribution in [2.45, 2.75) is 6.92 Å². The van der Waals surface area contributed by atoms with Gasteiger partial charge < -0.3 is 14.6 Å². The number of aromatic nitrogens is 1. The molecule has 2 heterocycles. The minimum atomic E-state index is -1.56. The van der Waals surface area contributed by atoms with E-state index in [1.54, 1.807) is 0 Å². The smallest absolute Gasteiger partial charge is 0.338 e. The lowest BCUT2D eigenvalue weighted by Crippen LogP contribution is -2.16. The van der Waals surface area contributed by atoms with Crippen LogP contribution >= 0.6 is 11.3 Å². The normalized spacial score (nSPS) is 13.7. The minimum absolute atomic E-state index is 0.0150. The van der Waals surface area contributed by atoms with Gasteiger partial charge in [0.05, 0.1) is 37.6 Å². The monoisotopic (exact) mass is 371 g/mol. The first kappa shape index (κ1) is 19.1. The van der Waals surface area contributed by atoms with Crippen molar-refractivity contribution in [3.8, 4) is 0 Å². The summed E-state index contributed by atoms with van der Waals surface area (Å²) in [6.07, 6.45) is 1.37. The highest BCUT2D eigenvalue weighted by Gasteiger charge is 2.24. The van der Waals surface area contributed by atoms with Crippen LogP contribution in [0.15, 0.2) is 17.6 Å². The van der Waals surface area contributed by atoms with Gasteiger partial charge in [0.1, 0.15) is 11.6 Å². The van der Waals surface area contributed by atoms with E-state index in [1.807, 2.05) is 0 Å². The topological polar surface area (TPSA) is 85.7 Å². The number of ether oxygens (including phenoxy) is 2. The summed E-state index contributed by atoms with van der Waals surface area (Å²) in [7, 11) is 0. The zero-order valence-corrected chi connectivity index (χ0v) is 14.1. The Kier molecular flexibility index (Phi) is 6.68. The average Bonchev–Trinajstić information content (AvgIpc) is 3.16. The van der Waals surface area contributed by atoms with Crippen LogP contribution in [0.1, 0.15) is 31.3 Å². The number of benzene rings is 1. The predicted molar refractivity (Wildman–Crippen MR) is 85.2 cm³/mol. The van der Waals surface area contributed by atoms with Crippen molar-refractivity contribution in [2.75, 3.05) is 26.4 Å². The standard InChI is InChI=1S/C12H7F2NO3S.C4H8O2/c1-5-8(13)6(4-7(9(5)14)12(17)18)10(16)11-15-2-3-19-11;1-2-6-4-3-5-1/h2-4H,1H3,(H,17,18);1-4H2. The summed E-state index contributed by atoms with van der Waals surface area (Å²) in [6.45, 7) is 4.19. The van der Waals surface area contributed by atoms with Gasteiger partial charge in [-0.1, -0.05) is 0 Å². The van der Waals surface area contributed by atoms with Crippen LogP contribution in [-0.4, -0.2) is 48.3 Å². The molecule has 3 rings (SSSR count). The van der Waals surface area contributed by atoms with E-state index in [0.717, 1.165) is 44.7 Å². The summed E-state index contributed by atoms with van der Waals surface area (Å²) in [4.78, 5) is 26.5. The number of hydrogen-bond acceptors (Lipinski definition) is 6. The van der Waals surface area contributed by atoms with Crippen molar-refractivity contribution in [3.05, 3.63) is 51.0 Å². The van der Waals surface area contributed by atoms with Crippen LogP contribution in [0.25, 0.3) is 0 Å². The number of ketones is 1. The molecular weight excluding hydrogens is 356 g/mol. The molecule has 0 atom stereocenters. The van der Waals surface area contributed by atoms with Crippen molar-refractivity contribution in [3.63, 3.8) is 0 Å². The van der Waals surface area contributed by atoms with E-state index in [0.29, 0.717) is 6.07 Å². The van der Waals surface area contributed by atoms with E-state index in [4.69, 9.17) is 14.6 Å². The number of halogens is 2. The number of carbonyl (C=O) groups excluding carboxylic acids is 1. The highest BCUT2D eigenvalue weighted by Crippen LogP contribution is 2.23. The SMILES string of the molecule is C1COCCO1.Cc1c(F)c(C(=O)O)cc(C(=O)c2nccs2)c1F. The fourth-order valence-corrected chi connectivity index (χ4v) is 2.57. The van der Waals surface area contributed by atoms with Crippen LogP contribution < -0.4 is 0 Å². The summed E-state index contributed by atoms with van der Waals surface area (Å²) < 4.78 is 37.3. The zero-order valence-electron chi connectivity index (χ0n) is 13.3. The van der Waals surface area contributed by atoms with Crippen LogP contribution in [0, 0.1) is 18.6 Å². The third-order valence-electron chi connectivity index (χ3n) is 3.27. The number of aromatic carboxylic acids is 1. The van der Waals surface area contributed by atoms with Gasteiger partial charge in [-0.15, -0.1) is 11.3 Å². The number of carboxylic acid groups (broad SMARTS) is 1. The van der Waals surface area contributed by atoms with Crippen molar-refractivity contribution < 1.29 is 33.0 Å². The van der Waals surface area contributed by atoms with Crippen LogP contribution in [0.3, 0.4) is 0 Å². The molecule has 0 saturated carbocycles. The maximum absolute atomic E-state index is 13.9. The Morgan fingerprint density at radius 3 is 2.12 bits per heavy atom. The Hall–Kier alpha value is -2.23. The second-order valence-electron chi connectivity index (χ2n) is 4.92. The molecule has 0 amide bonds. The second-order valence-corrected chi connectivity index (χ2v) is 5.82. The molecule has 9 heteroatoms. The molecule has 1 aromatic heterocycles. The maximum Gasteiger partial charge on any atom is 0.338 e. The minimum Gasteiger partial charge on any atom is -0.478 e. The van der Waals surface area contributed by atoms with Gasteiger partial charge in [-0.3, -0.25) is 4.79 Å². The zero-order chi connectivity index (χ0) is 18.4. The number of hydrogen-bond donors (Lipinski definition) is 1. The number of thiazole rings is 1. The largest absolute Gasteiger partial charge is 0.478 e. The molecular formula is C16H15F2NO5S. The van der Waals surface area contributed by atoms with E-state index >= 15 is 0 Å². The Balaban J connectivity index is 0.000000316. The maximum atomic E-state index is 13.9. The molecule has 1 aliphatic rings. The Morgan fingerprint density at radius 2 is 1.68 bits per heavy atom. The first-order valence-electron chi connectivity index (χ1n) is 7.25. The third kappa shape index (κ3) is 4.65. The van der Waals surface area contributed by atoms with Crippen LogP contribution in [-0.2, 0) is 9.47 Å². The van der Waals surface area contributed by atoms with Gasteiger partial charge in [0, 0.05) is 17.1 Å². The summed E-state index contributed by atoms with van der Waals surface area (Å²) in [5.41, 5.74) is -1.73. The summed E-state index contributed by atoms with van der Waals surface area (Å²) in [5.74, 6) is -4.57. The quantitative estimate of drug-likeness (QED) is 0.835. The fourth-order valence-electron chi connectivity index (χ4n) is 1.98. The molecule has 0 aliphatic carbocycles. The Labute approximate surface area is 146 Å². The molecule has 6 nitrogen and oxygen atoms in total. The first-order chi connectivity index (χ1) is 11.9. The molecule has 1 fully saturated rings. The number of rotatable bonds is 3. The first-order valence-corrected chi connectivity index (χ1v) is 8.13. The lowest BCUT2D eigenvalue weighted by atomic mass is 10.0. The highest BCUT2D eigenvalue weighted by molar-refractivity contribution is 7.11. The number of carboxylic acids is 1. The molecule has 134 valence electrons. The highest BCUT2D eigenvalue weighted by atomic mass is 32.1. The van der Waals surface area contributed by atoms with E-state index in [9.17, 15) is 18.4 Å².